The SMILES string of the molecule is O=C(Nc1ccc2nn(CC(=O)N3CCN(S(=O)(=O)N4CCCCC4)CC3)cc2c1)c1cccc(C(F)(F)F)n1. The number of carbonyl (C=O) groups excluding carboxylic acids is 2. The number of pyridine rings is 1. The van der Waals surface area contributed by atoms with Gasteiger partial charge in [0.25, 0.3) is 16.1 Å². The highest BCUT2D eigenvalue weighted by atomic mass is 32.2. The van der Waals surface area contributed by atoms with Gasteiger partial charge in [0.15, 0.2) is 0 Å². The van der Waals surface area contributed by atoms with Crippen LogP contribution in [0.2, 0.25) is 0 Å². The largest absolute Gasteiger partial charge is 0.433 e. The van der Waals surface area contributed by atoms with Crippen molar-refractivity contribution in [3.8, 4) is 0 Å². The second-order valence-corrected chi connectivity index (χ2v) is 11.6. The monoisotopic (exact) mass is 579 g/mol. The number of hydrogen-bond donors (Lipinski definition) is 1. The molecule has 40 heavy (non-hydrogen) atoms. The highest BCUT2D eigenvalue weighted by molar-refractivity contribution is 7.86. The summed E-state index contributed by atoms with van der Waals surface area (Å²) in [4.78, 5) is 30.4. The van der Waals surface area contributed by atoms with Gasteiger partial charge in [0.2, 0.25) is 5.91 Å². The number of nitrogens with one attached hydrogen (secondary N) is 1. The van der Waals surface area contributed by atoms with Crippen molar-refractivity contribution >= 4 is 38.6 Å². The van der Waals surface area contributed by atoms with Crippen molar-refractivity contribution in [2.24, 2.45) is 0 Å². The highest BCUT2D eigenvalue weighted by Crippen LogP contribution is 2.27. The molecule has 0 aliphatic carbocycles. The van der Waals surface area contributed by atoms with Crippen LogP contribution in [0.5, 0.6) is 0 Å². The fraction of sp³-hybridized carbons (Fsp3) is 0.440. The zero-order chi connectivity index (χ0) is 28.5. The number of anilines is 1. The molecule has 0 unspecified atom stereocenters. The van der Waals surface area contributed by atoms with E-state index in [1.165, 1.54) is 19.4 Å². The van der Waals surface area contributed by atoms with Gasteiger partial charge in [-0.1, -0.05) is 12.5 Å². The van der Waals surface area contributed by atoms with Gasteiger partial charge in [0.1, 0.15) is 17.9 Å². The standard InChI is InChI=1S/C25H28F3N7O4S/c26-25(27,28)22-6-4-5-21(30-22)24(37)29-19-7-8-20-18(15-19)16-33(31-20)17-23(36)32-11-13-35(14-12-32)40(38,39)34-9-2-1-3-10-34/h4-8,15-16H,1-3,9-14,17H2,(H,29,37). The molecule has 11 nitrogen and oxygen atoms in total. The van der Waals surface area contributed by atoms with Gasteiger partial charge in [-0.3, -0.25) is 14.3 Å². The molecule has 214 valence electrons. The lowest BCUT2D eigenvalue weighted by Crippen LogP contribution is -2.55. The summed E-state index contributed by atoms with van der Waals surface area (Å²) in [6, 6.07) is 7.86. The van der Waals surface area contributed by atoms with Crippen molar-refractivity contribution in [2.45, 2.75) is 32.0 Å². The minimum absolute atomic E-state index is 0.0522. The third-order valence-corrected chi connectivity index (χ3v) is 8.97. The molecular formula is C25H28F3N7O4S. The van der Waals surface area contributed by atoms with Crippen LogP contribution in [0.1, 0.15) is 35.4 Å². The Labute approximate surface area is 228 Å². The van der Waals surface area contributed by atoms with Gasteiger partial charge in [0, 0.05) is 56.5 Å². The average Bonchev–Trinajstić information content (AvgIpc) is 3.34. The highest BCUT2D eigenvalue weighted by Gasteiger charge is 2.34. The minimum Gasteiger partial charge on any atom is -0.338 e. The third-order valence-electron chi connectivity index (χ3n) is 6.94. The molecule has 1 N–H and O–H groups in total. The minimum atomic E-state index is -4.67. The molecule has 4 heterocycles. The van der Waals surface area contributed by atoms with E-state index in [1.807, 2.05) is 0 Å². The first-order valence-electron chi connectivity index (χ1n) is 12.9. The molecule has 2 aromatic heterocycles. The molecule has 15 heteroatoms. The predicted octanol–water partition coefficient (Wildman–Crippen LogP) is 2.58. The topological polar surface area (TPSA) is 121 Å². The van der Waals surface area contributed by atoms with Crippen LogP contribution in [-0.2, 0) is 27.7 Å². The Morgan fingerprint density at radius 3 is 2.33 bits per heavy atom. The second kappa shape index (κ2) is 11.1. The molecule has 0 saturated carbocycles. The molecule has 0 radical (unpaired) electrons. The van der Waals surface area contributed by atoms with E-state index in [1.54, 1.807) is 29.3 Å². The molecule has 2 fully saturated rings. The number of nitrogens with zero attached hydrogens (tertiary/aromatic N) is 6. The van der Waals surface area contributed by atoms with Crippen molar-refractivity contribution in [1.82, 2.24) is 28.3 Å². The number of amides is 2. The summed E-state index contributed by atoms with van der Waals surface area (Å²) in [7, 11) is -3.52. The van der Waals surface area contributed by atoms with Crippen LogP contribution in [0.4, 0.5) is 18.9 Å². The number of aromatic nitrogens is 3. The fourth-order valence-electron chi connectivity index (χ4n) is 4.82. The molecular weight excluding hydrogens is 551 g/mol. The normalized spacial score (nSPS) is 17.7. The summed E-state index contributed by atoms with van der Waals surface area (Å²) in [6.45, 7) is 2.04. The van der Waals surface area contributed by atoms with Crippen LogP contribution >= 0.6 is 0 Å². The van der Waals surface area contributed by atoms with Gasteiger partial charge in [-0.2, -0.15) is 35.3 Å². The van der Waals surface area contributed by atoms with E-state index < -0.39 is 28.0 Å². The molecule has 2 saturated heterocycles. The van der Waals surface area contributed by atoms with Crippen molar-refractivity contribution in [3.05, 3.63) is 54.0 Å². The number of piperazine rings is 1. The van der Waals surface area contributed by atoms with Crippen LogP contribution in [0.25, 0.3) is 10.9 Å². The van der Waals surface area contributed by atoms with Gasteiger partial charge < -0.3 is 10.2 Å². The van der Waals surface area contributed by atoms with Gasteiger partial charge in [-0.25, -0.2) is 4.98 Å². The first-order valence-corrected chi connectivity index (χ1v) is 14.3. The van der Waals surface area contributed by atoms with Crippen molar-refractivity contribution in [3.63, 3.8) is 0 Å². The van der Waals surface area contributed by atoms with E-state index in [2.05, 4.69) is 15.4 Å². The Morgan fingerprint density at radius 1 is 0.925 bits per heavy atom. The Kier molecular flexibility index (Phi) is 7.79. The summed E-state index contributed by atoms with van der Waals surface area (Å²) in [5, 5.41) is 7.53. The quantitative estimate of drug-likeness (QED) is 0.479. The van der Waals surface area contributed by atoms with E-state index in [-0.39, 0.29) is 44.3 Å². The van der Waals surface area contributed by atoms with E-state index in [9.17, 15) is 31.2 Å². The van der Waals surface area contributed by atoms with Crippen LogP contribution < -0.4 is 5.32 Å². The first kappa shape index (κ1) is 28.0. The lowest BCUT2D eigenvalue weighted by Gasteiger charge is -2.37. The first-order chi connectivity index (χ1) is 19.0. The summed E-state index contributed by atoms with van der Waals surface area (Å²) in [6.07, 6.45) is -0.292. The van der Waals surface area contributed by atoms with Gasteiger partial charge in [0.05, 0.1) is 5.52 Å². The maximum absolute atomic E-state index is 12.9. The van der Waals surface area contributed by atoms with Crippen LogP contribution in [0, 0.1) is 0 Å². The zero-order valence-corrected chi connectivity index (χ0v) is 22.3. The number of piperidine rings is 1. The van der Waals surface area contributed by atoms with Crippen molar-refractivity contribution in [2.75, 3.05) is 44.6 Å². The molecule has 5 rings (SSSR count). The maximum Gasteiger partial charge on any atom is 0.433 e. The molecule has 2 aliphatic heterocycles. The van der Waals surface area contributed by atoms with Crippen LogP contribution in [-0.4, -0.2) is 87.8 Å². The summed E-state index contributed by atoms with van der Waals surface area (Å²) >= 11 is 0. The van der Waals surface area contributed by atoms with Gasteiger partial charge in [-0.15, -0.1) is 0 Å². The van der Waals surface area contributed by atoms with Crippen molar-refractivity contribution < 1.29 is 31.2 Å². The number of carbonyl (C=O) groups is 2. The number of halogens is 3. The molecule has 0 bridgehead atoms. The number of benzene rings is 1. The third kappa shape index (κ3) is 6.10. The van der Waals surface area contributed by atoms with Crippen molar-refractivity contribution in [1.29, 1.82) is 0 Å². The second-order valence-electron chi connectivity index (χ2n) is 9.71. The summed E-state index contributed by atoms with van der Waals surface area (Å²) < 4.78 is 69.0. The van der Waals surface area contributed by atoms with Crippen LogP contribution in [0.3, 0.4) is 0 Å². The van der Waals surface area contributed by atoms with E-state index in [0.29, 0.717) is 29.7 Å². The van der Waals surface area contributed by atoms with E-state index in [4.69, 9.17) is 0 Å². The predicted molar refractivity (Wildman–Crippen MR) is 139 cm³/mol. The fourth-order valence-corrected chi connectivity index (χ4v) is 6.49. The summed E-state index contributed by atoms with van der Waals surface area (Å²) in [5.74, 6) is -0.999. The summed E-state index contributed by atoms with van der Waals surface area (Å²) in [5.41, 5.74) is -0.652. The van der Waals surface area contributed by atoms with Crippen LogP contribution in [0.15, 0.2) is 42.6 Å². The number of rotatable bonds is 6. The molecule has 0 atom stereocenters. The Bertz CT molecular complexity index is 1510. The number of alkyl halides is 3. The zero-order valence-electron chi connectivity index (χ0n) is 21.5. The van der Waals surface area contributed by atoms with E-state index in [0.717, 1.165) is 31.4 Å². The smallest absolute Gasteiger partial charge is 0.338 e. The maximum atomic E-state index is 12.9. The molecule has 0 spiro atoms. The Balaban J connectivity index is 1.19. The molecule has 3 aromatic rings. The lowest BCUT2D eigenvalue weighted by atomic mass is 10.2. The number of hydrogen-bond acceptors (Lipinski definition) is 6. The van der Waals surface area contributed by atoms with Gasteiger partial charge in [-0.05, 0) is 43.2 Å². The lowest BCUT2D eigenvalue weighted by molar-refractivity contribution is -0.141. The average molecular weight is 580 g/mol. The Hall–Kier alpha value is -3.56. The number of fused-ring (bicyclic) bond motifs is 1. The molecule has 1 aromatic carbocycles. The van der Waals surface area contributed by atoms with Gasteiger partial charge >= 0.3 is 6.18 Å². The molecule has 2 aliphatic rings. The Morgan fingerprint density at radius 2 is 1.62 bits per heavy atom. The van der Waals surface area contributed by atoms with E-state index >= 15 is 0 Å². The molecule has 2 amide bonds.